The van der Waals surface area contributed by atoms with Crippen molar-refractivity contribution < 1.29 is 14.0 Å². The molecule has 9 nitrogen and oxygen atoms in total. The molecule has 2 aromatic rings. The van der Waals surface area contributed by atoms with Crippen LogP contribution in [-0.4, -0.2) is 31.9 Å². The van der Waals surface area contributed by atoms with Crippen LogP contribution in [0.25, 0.3) is 0 Å². The van der Waals surface area contributed by atoms with Crippen LogP contribution in [0.3, 0.4) is 0 Å². The maximum Gasteiger partial charge on any atom is 0.302 e. The molecule has 100 valence electrons. The Morgan fingerprint density at radius 3 is 3.11 bits per heavy atom. The molecule has 0 saturated carbocycles. The first kappa shape index (κ1) is 13.2. The predicted molar refractivity (Wildman–Crippen MR) is 66.0 cm³/mol. The number of rotatable bonds is 5. The highest BCUT2D eigenvalue weighted by molar-refractivity contribution is 7.99. The SMILES string of the molecule is CC[n+]1cc(NC(=O)CSc2ncnc(N)n2)on1. The molecule has 0 atom stereocenters. The summed E-state index contributed by atoms with van der Waals surface area (Å²) < 4.78 is 6.47. The highest BCUT2D eigenvalue weighted by Crippen LogP contribution is 2.12. The number of thioether (sulfide) groups is 1. The number of carbonyl (C=O) groups excluding carboxylic acids is 1. The van der Waals surface area contributed by atoms with Crippen LogP contribution in [0.2, 0.25) is 0 Å². The molecule has 19 heavy (non-hydrogen) atoms. The lowest BCUT2D eigenvalue weighted by Gasteiger charge is -1.99. The third-order valence-electron chi connectivity index (χ3n) is 2.00. The molecule has 0 aliphatic rings. The number of anilines is 2. The van der Waals surface area contributed by atoms with Crippen molar-refractivity contribution in [2.75, 3.05) is 16.8 Å². The Morgan fingerprint density at radius 2 is 2.42 bits per heavy atom. The van der Waals surface area contributed by atoms with E-state index in [-0.39, 0.29) is 17.6 Å². The highest BCUT2D eigenvalue weighted by Gasteiger charge is 2.13. The fourth-order valence-electron chi connectivity index (χ4n) is 1.15. The third kappa shape index (κ3) is 3.88. The van der Waals surface area contributed by atoms with Crippen LogP contribution in [0.1, 0.15) is 6.92 Å². The Morgan fingerprint density at radius 1 is 1.58 bits per heavy atom. The van der Waals surface area contributed by atoms with Gasteiger partial charge in [0.1, 0.15) is 6.33 Å². The van der Waals surface area contributed by atoms with Crippen molar-refractivity contribution in [2.45, 2.75) is 18.6 Å². The molecule has 0 saturated heterocycles. The smallest absolute Gasteiger partial charge is 0.302 e. The van der Waals surface area contributed by atoms with E-state index >= 15 is 0 Å². The van der Waals surface area contributed by atoms with E-state index in [1.807, 2.05) is 6.92 Å². The van der Waals surface area contributed by atoms with Gasteiger partial charge in [-0.1, -0.05) is 16.4 Å². The molecule has 0 radical (unpaired) electrons. The van der Waals surface area contributed by atoms with E-state index in [2.05, 4.69) is 25.5 Å². The summed E-state index contributed by atoms with van der Waals surface area (Å²) >= 11 is 1.15. The molecular weight excluding hydrogens is 270 g/mol. The molecule has 10 heteroatoms. The van der Waals surface area contributed by atoms with Gasteiger partial charge in [0, 0.05) is 0 Å². The van der Waals surface area contributed by atoms with E-state index in [0.29, 0.717) is 17.6 Å². The summed E-state index contributed by atoms with van der Waals surface area (Å²) in [5.74, 6) is 0.305. The van der Waals surface area contributed by atoms with E-state index < -0.39 is 0 Å². The van der Waals surface area contributed by atoms with Crippen LogP contribution in [0, 0.1) is 0 Å². The predicted octanol–water partition coefficient (Wildman–Crippen LogP) is -0.520. The van der Waals surface area contributed by atoms with Gasteiger partial charge in [-0.2, -0.15) is 4.98 Å². The lowest BCUT2D eigenvalue weighted by molar-refractivity contribution is -0.759. The second-order valence-electron chi connectivity index (χ2n) is 3.39. The van der Waals surface area contributed by atoms with Gasteiger partial charge < -0.3 is 5.73 Å². The molecule has 0 fully saturated rings. The minimum Gasteiger partial charge on any atom is -0.368 e. The summed E-state index contributed by atoms with van der Waals surface area (Å²) in [6.07, 6.45) is 2.90. The number of nitrogens with two attached hydrogens (primary N) is 1. The van der Waals surface area contributed by atoms with Crippen molar-refractivity contribution in [2.24, 2.45) is 0 Å². The summed E-state index contributed by atoms with van der Waals surface area (Å²) in [5.41, 5.74) is 5.40. The van der Waals surface area contributed by atoms with Gasteiger partial charge >= 0.3 is 5.88 Å². The van der Waals surface area contributed by atoms with Crippen molar-refractivity contribution in [1.29, 1.82) is 0 Å². The minimum absolute atomic E-state index is 0.122. The fourth-order valence-corrected chi connectivity index (χ4v) is 1.76. The number of hydrogen-bond acceptors (Lipinski definition) is 8. The van der Waals surface area contributed by atoms with E-state index in [9.17, 15) is 4.79 Å². The Hall–Kier alpha value is -2.23. The average Bonchev–Trinajstić information content (AvgIpc) is 2.84. The molecule has 2 aromatic heterocycles. The molecule has 0 bridgehead atoms. The molecule has 0 aliphatic heterocycles. The van der Waals surface area contributed by atoms with Gasteiger partial charge in [-0.05, 0) is 6.92 Å². The van der Waals surface area contributed by atoms with E-state index in [4.69, 9.17) is 10.3 Å². The van der Waals surface area contributed by atoms with E-state index in [1.54, 1.807) is 10.9 Å². The highest BCUT2D eigenvalue weighted by atomic mass is 32.2. The largest absolute Gasteiger partial charge is 0.368 e. The number of nitrogen functional groups attached to an aromatic ring is 1. The number of aryl methyl sites for hydroxylation is 1. The summed E-state index contributed by atoms with van der Waals surface area (Å²) in [4.78, 5) is 23.0. The quantitative estimate of drug-likeness (QED) is 0.554. The molecule has 2 heterocycles. The zero-order valence-electron chi connectivity index (χ0n) is 10.1. The molecule has 0 aromatic carbocycles. The lowest BCUT2D eigenvalue weighted by Crippen LogP contribution is -2.32. The van der Waals surface area contributed by atoms with Crippen molar-refractivity contribution in [3.05, 3.63) is 12.5 Å². The van der Waals surface area contributed by atoms with Crippen LogP contribution < -0.4 is 15.7 Å². The van der Waals surface area contributed by atoms with Crippen LogP contribution >= 0.6 is 11.8 Å². The van der Waals surface area contributed by atoms with Gasteiger partial charge in [-0.3, -0.25) is 14.6 Å². The molecule has 2 rings (SSSR count). The Labute approximate surface area is 112 Å². The van der Waals surface area contributed by atoms with E-state index in [1.165, 1.54) is 6.33 Å². The maximum absolute atomic E-state index is 11.6. The van der Waals surface area contributed by atoms with Gasteiger partial charge in [0.2, 0.25) is 17.1 Å². The lowest BCUT2D eigenvalue weighted by atomic mass is 10.6. The van der Waals surface area contributed by atoms with Crippen molar-refractivity contribution in [1.82, 2.24) is 20.2 Å². The summed E-state index contributed by atoms with van der Waals surface area (Å²) in [5, 5.41) is 6.65. The first-order valence-electron chi connectivity index (χ1n) is 5.41. The summed E-state index contributed by atoms with van der Waals surface area (Å²) in [6, 6.07) is 0. The van der Waals surface area contributed by atoms with Gasteiger partial charge in [-0.15, -0.1) is 0 Å². The standard InChI is InChI=1S/C9H11N7O2S/c1-2-16-3-7(18-15-16)13-6(17)4-19-9-12-5-11-8(10)14-9/h3,5H,2,4H2,1H3,(H2-,10,11,12,13,14,15,17)/p+1. The fraction of sp³-hybridized carbons (Fsp3) is 0.333. The molecule has 0 aliphatic carbocycles. The number of nitrogens with zero attached hydrogens (tertiary/aromatic N) is 5. The average molecular weight is 282 g/mol. The minimum atomic E-state index is -0.247. The second-order valence-corrected chi connectivity index (χ2v) is 4.33. The number of nitrogens with one attached hydrogen (secondary N) is 1. The number of carbonyl (C=O) groups is 1. The van der Waals surface area contributed by atoms with Crippen LogP contribution in [0.5, 0.6) is 0 Å². The Balaban J connectivity index is 1.84. The van der Waals surface area contributed by atoms with Crippen molar-refractivity contribution in [3.8, 4) is 0 Å². The van der Waals surface area contributed by atoms with Crippen LogP contribution in [0.4, 0.5) is 11.8 Å². The monoisotopic (exact) mass is 282 g/mol. The molecular formula is C9H12N7O2S+. The Kier molecular flexibility index (Phi) is 4.23. The molecule has 0 unspecified atom stereocenters. The summed E-state index contributed by atoms with van der Waals surface area (Å²) in [7, 11) is 0. The number of amides is 1. The maximum atomic E-state index is 11.6. The molecule has 0 spiro atoms. The number of hydrogen-bond donors (Lipinski definition) is 2. The van der Waals surface area contributed by atoms with Gasteiger partial charge in [-0.25, -0.2) is 9.97 Å². The first-order valence-corrected chi connectivity index (χ1v) is 6.39. The van der Waals surface area contributed by atoms with Gasteiger partial charge in [0.05, 0.1) is 5.75 Å². The van der Waals surface area contributed by atoms with Crippen molar-refractivity contribution >= 4 is 29.5 Å². The molecule has 1 amide bonds. The third-order valence-corrected chi connectivity index (χ3v) is 2.86. The second kappa shape index (κ2) is 6.09. The summed E-state index contributed by atoms with van der Waals surface area (Å²) in [6.45, 7) is 2.58. The van der Waals surface area contributed by atoms with Gasteiger partial charge in [0.15, 0.2) is 11.7 Å². The topological polar surface area (TPSA) is 124 Å². The Bertz CT molecular complexity index is 573. The zero-order valence-corrected chi connectivity index (χ0v) is 10.9. The van der Waals surface area contributed by atoms with Gasteiger partial charge in [0.25, 0.3) is 6.20 Å². The molecule has 3 N–H and O–H groups in total. The number of aromatic nitrogens is 5. The van der Waals surface area contributed by atoms with Crippen LogP contribution in [0.15, 0.2) is 22.2 Å². The van der Waals surface area contributed by atoms with Crippen molar-refractivity contribution in [3.63, 3.8) is 0 Å². The normalized spacial score (nSPS) is 10.4. The zero-order chi connectivity index (χ0) is 13.7. The van der Waals surface area contributed by atoms with Crippen LogP contribution in [-0.2, 0) is 11.3 Å². The van der Waals surface area contributed by atoms with E-state index in [0.717, 1.165) is 11.8 Å². The first-order chi connectivity index (χ1) is 9.17.